The molecule has 0 saturated heterocycles. The summed E-state index contributed by atoms with van der Waals surface area (Å²) in [5.41, 5.74) is 0. The monoisotopic (exact) mass is 191 g/mol. The maximum atomic E-state index is 12.1. The van der Waals surface area contributed by atoms with E-state index < -0.39 is 24.0 Å². The zero-order valence-corrected chi connectivity index (χ0v) is 6.91. The standard InChI is InChI=1S/C2H6FNO4S2/c1-9(5,6)4(3)10(2,7)8/h1-2H3. The Labute approximate surface area is 58.5 Å². The Morgan fingerprint density at radius 1 is 1.00 bits per heavy atom. The van der Waals surface area contributed by atoms with E-state index in [2.05, 4.69) is 0 Å². The second-order valence-electron chi connectivity index (χ2n) is 1.68. The molecule has 62 valence electrons. The highest BCUT2D eigenvalue weighted by molar-refractivity contribution is 8.03. The third kappa shape index (κ3) is 2.58. The summed E-state index contributed by atoms with van der Waals surface area (Å²) in [6, 6.07) is 0. The van der Waals surface area contributed by atoms with E-state index in [1.807, 2.05) is 0 Å². The van der Waals surface area contributed by atoms with Crippen LogP contribution in [-0.2, 0) is 20.0 Å². The van der Waals surface area contributed by atoms with Gasteiger partial charge in [-0.05, 0) is 0 Å². The van der Waals surface area contributed by atoms with Gasteiger partial charge in [0.05, 0.1) is 16.4 Å². The molecule has 0 unspecified atom stereocenters. The molecule has 0 aliphatic heterocycles. The van der Waals surface area contributed by atoms with E-state index in [1.165, 1.54) is 0 Å². The van der Waals surface area contributed by atoms with Gasteiger partial charge < -0.3 is 0 Å². The Balaban J connectivity index is 4.94. The lowest BCUT2D eigenvalue weighted by molar-refractivity contribution is 0.254. The second kappa shape index (κ2) is 2.44. The normalized spacial score (nSPS) is 14.0. The van der Waals surface area contributed by atoms with Crippen molar-refractivity contribution in [1.29, 1.82) is 0 Å². The first-order valence-electron chi connectivity index (χ1n) is 2.02. The van der Waals surface area contributed by atoms with Gasteiger partial charge >= 0.3 is 0 Å². The molecule has 0 N–H and O–H groups in total. The molecule has 0 amide bonds. The van der Waals surface area contributed by atoms with Crippen LogP contribution in [0.2, 0.25) is 0 Å². The molecule has 0 aromatic carbocycles. The molecule has 0 bridgehead atoms. The Kier molecular flexibility index (Phi) is 2.39. The fraction of sp³-hybridized carbons (Fsp3) is 1.00. The molecule has 8 heteroatoms. The summed E-state index contributed by atoms with van der Waals surface area (Å²) in [6.45, 7) is 0. The van der Waals surface area contributed by atoms with Crippen LogP contribution in [-0.4, -0.2) is 33.3 Å². The minimum Gasteiger partial charge on any atom is -0.209 e. The van der Waals surface area contributed by atoms with Crippen molar-refractivity contribution in [3.05, 3.63) is 0 Å². The molecule has 10 heavy (non-hydrogen) atoms. The number of hydrogen-bond donors (Lipinski definition) is 0. The Hall–Kier alpha value is -0.210. The second-order valence-corrected chi connectivity index (χ2v) is 5.48. The minimum atomic E-state index is -4.28. The molecule has 0 aliphatic rings. The van der Waals surface area contributed by atoms with Crippen molar-refractivity contribution in [2.75, 3.05) is 12.5 Å². The molecule has 0 rings (SSSR count). The van der Waals surface area contributed by atoms with Crippen molar-refractivity contribution in [2.24, 2.45) is 0 Å². The first-order chi connectivity index (χ1) is 4.15. The van der Waals surface area contributed by atoms with Gasteiger partial charge in [-0.1, -0.05) is 0 Å². The summed E-state index contributed by atoms with van der Waals surface area (Å²) < 4.78 is 51.5. The average Bonchev–Trinajstić information content (AvgIpc) is 1.59. The first-order valence-corrected chi connectivity index (χ1v) is 5.71. The smallest absolute Gasteiger partial charge is 0.209 e. The third-order valence-corrected chi connectivity index (χ3v) is 3.19. The molecule has 0 spiro atoms. The van der Waals surface area contributed by atoms with Gasteiger partial charge in [-0.15, -0.1) is 4.48 Å². The molecule has 0 aromatic heterocycles. The van der Waals surface area contributed by atoms with E-state index >= 15 is 0 Å². The zero-order valence-electron chi connectivity index (χ0n) is 5.27. The van der Waals surface area contributed by atoms with E-state index in [0.29, 0.717) is 12.5 Å². The van der Waals surface area contributed by atoms with Gasteiger partial charge in [0.25, 0.3) is 20.0 Å². The van der Waals surface area contributed by atoms with Gasteiger partial charge in [0.1, 0.15) is 0 Å². The number of nitrogens with zero attached hydrogens (tertiary/aromatic N) is 1. The summed E-state index contributed by atoms with van der Waals surface area (Å²) in [4.78, 5) is 0. The average molecular weight is 191 g/mol. The lowest BCUT2D eigenvalue weighted by atomic mass is 12.0. The topological polar surface area (TPSA) is 71.5 Å². The summed E-state index contributed by atoms with van der Waals surface area (Å²) in [7, 11) is -8.56. The predicted molar refractivity (Wildman–Crippen MR) is 32.6 cm³/mol. The molecular weight excluding hydrogens is 185 g/mol. The zero-order chi connectivity index (χ0) is 8.58. The van der Waals surface area contributed by atoms with Crippen molar-refractivity contribution in [3.8, 4) is 0 Å². The van der Waals surface area contributed by atoms with Gasteiger partial charge in [-0.25, -0.2) is 16.8 Å². The number of hydrogen-bond acceptors (Lipinski definition) is 4. The van der Waals surface area contributed by atoms with E-state index in [9.17, 15) is 21.3 Å². The lowest BCUT2D eigenvalue weighted by Gasteiger charge is -2.03. The summed E-state index contributed by atoms with van der Waals surface area (Å²) >= 11 is 0. The summed E-state index contributed by atoms with van der Waals surface area (Å²) in [5.74, 6) is 0. The fourth-order valence-corrected chi connectivity index (χ4v) is 2.21. The van der Waals surface area contributed by atoms with Crippen LogP contribution in [0.25, 0.3) is 0 Å². The number of sulfonamides is 2. The number of halogens is 1. The van der Waals surface area contributed by atoms with Crippen LogP contribution >= 0.6 is 0 Å². The molecule has 0 heterocycles. The van der Waals surface area contributed by atoms with Crippen LogP contribution in [0.1, 0.15) is 0 Å². The molecule has 5 nitrogen and oxygen atoms in total. The highest BCUT2D eigenvalue weighted by atomic mass is 32.3. The quantitative estimate of drug-likeness (QED) is 0.530. The Morgan fingerprint density at radius 3 is 1.20 bits per heavy atom. The lowest BCUT2D eigenvalue weighted by Crippen LogP contribution is -2.27. The SMILES string of the molecule is CS(=O)(=O)N(F)S(C)(=O)=O. The van der Waals surface area contributed by atoms with Crippen LogP contribution in [0.15, 0.2) is 0 Å². The van der Waals surface area contributed by atoms with Crippen molar-refractivity contribution in [1.82, 2.24) is 3.93 Å². The molecule has 0 aromatic rings. The maximum Gasteiger partial charge on any atom is 0.251 e. The minimum absolute atomic E-state index is 0.452. The van der Waals surface area contributed by atoms with Gasteiger partial charge in [0, 0.05) is 0 Å². The number of rotatable bonds is 2. The Bertz CT molecular complexity index is 270. The van der Waals surface area contributed by atoms with Gasteiger partial charge in [0.2, 0.25) is 0 Å². The van der Waals surface area contributed by atoms with E-state index in [-0.39, 0.29) is 0 Å². The predicted octanol–water partition coefficient (Wildman–Crippen LogP) is -0.908. The van der Waals surface area contributed by atoms with Gasteiger partial charge in [-0.3, -0.25) is 0 Å². The van der Waals surface area contributed by atoms with Crippen LogP contribution in [0, 0.1) is 0 Å². The highest BCUT2D eigenvalue weighted by Crippen LogP contribution is 2.03. The van der Waals surface area contributed by atoms with Crippen LogP contribution in [0.5, 0.6) is 0 Å². The van der Waals surface area contributed by atoms with Crippen LogP contribution in [0.4, 0.5) is 4.48 Å². The van der Waals surface area contributed by atoms with Crippen molar-refractivity contribution in [2.45, 2.75) is 0 Å². The van der Waals surface area contributed by atoms with Crippen molar-refractivity contribution < 1.29 is 21.3 Å². The van der Waals surface area contributed by atoms with Crippen molar-refractivity contribution in [3.63, 3.8) is 0 Å². The van der Waals surface area contributed by atoms with E-state index in [0.717, 1.165) is 0 Å². The molecule has 0 saturated carbocycles. The van der Waals surface area contributed by atoms with Gasteiger partial charge in [0.15, 0.2) is 0 Å². The third-order valence-electron chi connectivity index (χ3n) is 0.521. The van der Waals surface area contributed by atoms with E-state index in [4.69, 9.17) is 0 Å². The van der Waals surface area contributed by atoms with Gasteiger partial charge in [-0.2, -0.15) is 0 Å². The summed E-state index contributed by atoms with van der Waals surface area (Å²) in [5, 5.41) is 0. The van der Waals surface area contributed by atoms with Crippen LogP contribution in [0.3, 0.4) is 0 Å². The van der Waals surface area contributed by atoms with Crippen molar-refractivity contribution >= 4 is 20.0 Å². The Morgan fingerprint density at radius 2 is 1.20 bits per heavy atom. The van der Waals surface area contributed by atoms with Crippen LogP contribution < -0.4 is 0 Å². The molecule has 0 fully saturated rings. The first kappa shape index (κ1) is 9.79. The fourth-order valence-electron chi connectivity index (χ4n) is 0.246. The molecule has 0 atom stereocenters. The molecular formula is C2H6FNO4S2. The summed E-state index contributed by atoms with van der Waals surface area (Å²) in [6.07, 6.45) is 0.905. The largest absolute Gasteiger partial charge is 0.251 e. The maximum absolute atomic E-state index is 12.1. The molecule has 0 radical (unpaired) electrons. The van der Waals surface area contributed by atoms with E-state index in [1.54, 1.807) is 0 Å². The highest BCUT2D eigenvalue weighted by Gasteiger charge is 2.26. The molecule has 0 aliphatic carbocycles.